The molecule has 2 aromatic heterocycles. The maximum atomic E-state index is 14.2. The van der Waals surface area contributed by atoms with E-state index >= 15 is 0 Å². The van der Waals surface area contributed by atoms with Gasteiger partial charge in [-0.3, -0.25) is 0 Å². The predicted octanol–water partition coefficient (Wildman–Crippen LogP) is 5.29. The summed E-state index contributed by atoms with van der Waals surface area (Å²) in [5.41, 5.74) is 0.603. The average Bonchev–Trinajstić information content (AvgIpc) is 3.45. The molecule has 2 aromatic carbocycles. The van der Waals surface area contributed by atoms with Crippen molar-refractivity contribution in [2.75, 3.05) is 12.9 Å². The summed E-state index contributed by atoms with van der Waals surface area (Å²) in [5, 5.41) is 15.7. The SMILES string of the molecule is CCS(=O)(=NC(c1csc2ccccc12)c1nnnn1C(C)(C)C)c1ccc(OC)cc1. The zero-order chi connectivity index (χ0) is 22.9. The van der Waals surface area contributed by atoms with Crippen LogP contribution >= 0.6 is 11.3 Å². The van der Waals surface area contributed by atoms with Crippen molar-refractivity contribution < 1.29 is 8.95 Å². The second-order valence-corrected chi connectivity index (χ2v) is 11.9. The van der Waals surface area contributed by atoms with Gasteiger partial charge in [0.15, 0.2) is 5.82 Å². The minimum atomic E-state index is -2.75. The maximum Gasteiger partial charge on any atom is 0.181 e. The van der Waals surface area contributed by atoms with Crippen molar-refractivity contribution in [2.24, 2.45) is 4.36 Å². The molecule has 32 heavy (non-hydrogen) atoms. The van der Waals surface area contributed by atoms with Crippen LogP contribution in [-0.4, -0.2) is 37.3 Å². The summed E-state index contributed by atoms with van der Waals surface area (Å²) in [4.78, 5) is 0.667. The first-order valence-corrected chi connectivity index (χ1v) is 13.0. The summed E-state index contributed by atoms with van der Waals surface area (Å²) in [6, 6.07) is 14.9. The molecule has 7 nitrogen and oxygen atoms in total. The largest absolute Gasteiger partial charge is 0.497 e. The Morgan fingerprint density at radius 3 is 2.53 bits per heavy atom. The highest BCUT2D eigenvalue weighted by Crippen LogP contribution is 2.37. The Morgan fingerprint density at radius 2 is 1.88 bits per heavy atom. The number of hydrogen-bond donors (Lipinski definition) is 0. The number of methoxy groups -OCH3 is 1. The smallest absolute Gasteiger partial charge is 0.181 e. The lowest BCUT2D eigenvalue weighted by Crippen LogP contribution is -2.27. The lowest BCUT2D eigenvalue weighted by atomic mass is 10.0. The molecule has 2 heterocycles. The second kappa shape index (κ2) is 8.63. The van der Waals surface area contributed by atoms with Gasteiger partial charge in [-0.05, 0) is 72.3 Å². The van der Waals surface area contributed by atoms with Crippen molar-refractivity contribution in [2.45, 2.75) is 44.2 Å². The van der Waals surface area contributed by atoms with Crippen LogP contribution < -0.4 is 4.74 Å². The van der Waals surface area contributed by atoms with Gasteiger partial charge < -0.3 is 4.74 Å². The van der Waals surface area contributed by atoms with Gasteiger partial charge in [0.1, 0.15) is 11.8 Å². The van der Waals surface area contributed by atoms with Crippen LogP contribution in [0.4, 0.5) is 0 Å². The number of benzene rings is 2. The zero-order valence-electron chi connectivity index (χ0n) is 18.8. The van der Waals surface area contributed by atoms with E-state index in [2.05, 4.69) is 33.0 Å². The number of ether oxygens (including phenoxy) is 1. The first kappa shape index (κ1) is 22.4. The Bertz CT molecular complexity index is 1340. The molecule has 2 atom stereocenters. The second-order valence-electron chi connectivity index (χ2n) is 8.42. The van der Waals surface area contributed by atoms with Gasteiger partial charge in [0.05, 0.1) is 22.4 Å². The maximum absolute atomic E-state index is 14.2. The van der Waals surface area contributed by atoms with Gasteiger partial charge in [-0.2, -0.15) is 0 Å². The van der Waals surface area contributed by atoms with Crippen molar-refractivity contribution in [3.8, 4) is 5.75 Å². The van der Waals surface area contributed by atoms with Crippen LogP contribution in [0.2, 0.25) is 0 Å². The summed E-state index contributed by atoms with van der Waals surface area (Å²) < 4.78 is 27.3. The molecule has 0 N–H and O–H groups in total. The quantitative estimate of drug-likeness (QED) is 0.383. The molecule has 0 amide bonds. The van der Waals surface area contributed by atoms with E-state index in [0.717, 1.165) is 15.6 Å². The minimum absolute atomic E-state index is 0.356. The molecule has 0 aliphatic heterocycles. The monoisotopic (exact) mass is 469 g/mol. The molecule has 4 rings (SSSR count). The fourth-order valence-corrected chi connectivity index (χ4v) is 6.25. The number of nitrogens with zero attached hydrogens (tertiary/aromatic N) is 5. The van der Waals surface area contributed by atoms with Gasteiger partial charge >= 0.3 is 0 Å². The lowest BCUT2D eigenvalue weighted by Gasteiger charge is -2.23. The molecule has 0 aliphatic carbocycles. The van der Waals surface area contributed by atoms with Crippen molar-refractivity contribution in [1.29, 1.82) is 0 Å². The van der Waals surface area contributed by atoms with Gasteiger partial charge in [-0.25, -0.2) is 13.3 Å². The Hall–Kier alpha value is -2.78. The molecule has 0 fully saturated rings. The van der Waals surface area contributed by atoms with Gasteiger partial charge in [-0.15, -0.1) is 16.4 Å². The van der Waals surface area contributed by atoms with E-state index in [1.807, 2.05) is 64.1 Å². The van der Waals surface area contributed by atoms with Crippen LogP contribution in [0.25, 0.3) is 10.1 Å². The first-order chi connectivity index (χ1) is 15.3. The van der Waals surface area contributed by atoms with E-state index in [4.69, 9.17) is 9.10 Å². The van der Waals surface area contributed by atoms with Crippen LogP contribution in [0.15, 0.2) is 63.2 Å². The molecule has 2 unspecified atom stereocenters. The Kier molecular flexibility index (Phi) is 6.05. The van der Waals surface area contributed by atoms with Crippen LogP contribution in [-0.2, 0) is 15.3 Å². The third-order valence-corrected chi connectivity index (χ3v) is 8.60. The summed E-state index contributed by atoms with van der Waals surface area (Å²) in [7, 11) is -1.14. The van der Waals surface area contributed by atoms with E-state index in [1.54, 1.807) is 23.1 Å². The number of aromatic nitrogens is 4. The highest BCUT2D eigenvalue weighted by atomic mass is 32.2. The van der Waals surface area contributed by atoms with Crippen LogP contribution in [0.1, 0.15) is 45.1 Å². The van der Waals surface area contributed by atoms with E-state index in [9.17, 15) is 4.21 Å². The molecule has 4 aromatic rings. The van der Waals surface area contributed by atoms with Crippen molar-refractivity contribution in [1.82, 2.24) is 20.2 Å². The summed E-state index contributed by atoms with van der Waals surface area (Å²) in [6.45, 7) is 8.01. The van der Waals surface area contributed by atoms with Gasteiger partial charge in [0, 0.05) is 20.9 Å². The van der Waals surface area contributed by atoms with Crippen molar-refractivity contribution in [3.63, 3.8) is 0 Å². The molecule has 0 bridgehead atoms. The third-order valence-electron chi connectivity index (χ3n) is 5.27. The Morgan fingerprint density at radius 1 is 1.16 bits per heavy atom. The number of rotatable bonds is 6. The van der Waals surface area contributed by atoms with E-state index in [-0.39, 0.29) is 5.54 Å². The molecule has 0 spiro atoms. The highest BCUT2D eigenvalue weighted by molar-refractivity contribution is 7.93. The highest BCUT2D eigenvalue weighted by Gasteiger charge is 2.30. The van der Waals surface area contributed by atoms with Gasteiger partial charge in [-0.1, -0.05) is 25.1 Å². The number of thiophene rings is 1. The predicted molar refractivity (Wildman–Crippen MR) is 129 cm³/mol. The summed E-state index contributed by atoms with van der Waals surface area (Å²) in [6.07, 6.45) is 0. The Balaban J connectivity index is 1.97. The standard InChI is InChI=1S/C23H27N5O2S2/c1-6-32(29,17-13-11-16(30-5)12-14-17)25-21(22-24-26-27-28(22)23(2,3)4)19-15-31-20-10-8-7-9-18(19)20/h7-15,21H,6H2,1-5H3. The van der Waals surface area contributed by atoms with E-state index < -0.39 is 15.8 Å². The van der Waals surface area contributed by atoms with Gasteiger partial charge in [0.25, 0.3) is 0 Å². The average molecular weight is 470 g/mol. The minimum Gasteiger partial charge on any atom is -0.497 e. The number of fused-ring (bicyclic) bond motifs is 1. The molecular formula is C23H27N5O2S2. The van der Waals surface area contributed by atoms with Crippen molar-refractivity contribution >= 4 is 31.2 Å². The molecule has 0 aliphatic rings. The molecule has 9 heteroatoms. The molecular weight excluding hydrogens is 442 g/mol. The fraction of sp³-hybridized carbons (Fsp3) is 0.348. The van der Waals surface area contributed by atoms with E-state index in [1.165, 1.54) is 0 Å². The first-order valence-electron chi connectivity index (χ1n) is 10.4. The zero-order valence-corrected chi connectivity index (χ0v) is 20.5. The summed E-state index contributed by atoms with van der Waals surface area (Å²) in [5.74, 6) is 1.66. The summed E-state index contributed by atoms with van der Waals surface area (Å²) >= 11 is 1.64. The Labute approximate surface area is 192 Å². The number of hydrogen-bond acceptors (Lipinski definition) is 7. The van der Waals surface area contributed by atoms with Crippen LogP contribution in [0, 0.1) is 0 Å². The van der Waals surface area contributed by atoms with E-state index in [0.29, 0.717) is 22.2 Å². The third kappa shape index (κ3) is 4.14. The number of tetrazole rings is 1. The molecule has 0 saturated carbocycles. The van der Waals surface area contributed by atoms with Crippen LogP contribution in [0.5, 0.6) is 5.75 Å². The van der Waals surface area contributed by atoms with Crippen LogP contribution in [0.3, 0.4) is 0 Å². The molecule has 0 radical (unpaired) electrons. The van der Waals surface area contributed by atoms with Crippen molar-refractivity contribution in [3.05, 3.63) is 65.3 Å². The topological polar surface area (TPSA) is 82.3 Å². The normalized spacial score (nSPS) is 14.8. The molecule has 0 saturated heterocycles. The van der Waals surface area contributed by atoms with Gasteiger partial charge in [0.2, 0.25) is 0 Å². The molecule has 168 valence electrons. The lowest BCUT2D eigenvalue weighted by molar-refractivity contribution is 0.331. The fourth-order valence-electron chi connectivity index (χ4n) is 3.56.